The standard InChI is InChI=1S/C13H14N2O3S/c1-15(11-5-3-6-12(16)9-11)19(17,18)13-7-2-4-10(14)8-13/h2-9,16H,14H2,1H3. The fourth-order valence-electron chi connectivity index (χ4n) is 1.66. The van der Waals surface area contributed by atoms with E-state index in [2.05, 4.69) is 0 Å². The van der Waals surface area contributed by atoms with Crippen molar-refractivity contribution in [2.24, 2.45) is 0 Å². The van der Waals surface area contributed by atoms with E-state index in [1.54, 1.807) is 24.3 Å². The Morgan fingerprint density at radius 1 is 1.11 bits per heavy atom. The van der Waals surface area contributed by atoms with Gasteiger partial charge in [0.15, 0.2) is 0 Å². The lowest BCUT2D eigenvalue weighted by atomic mass is 10.3. The van der Waals surface area contributed by atoms with Gasteiger partial charge in [0.2, 0.25) is 0 Å². The van der Waals surface area contributed by atoms with E-state index in [1.165, 1.54) is 31.3 Å². The second-order valence-corrected chi connectivity index (χ2v) is 6.03. The summed E-state index contributed by atoms with van der Waals surface area (Å²) in [6, 6.07) is 12.1. The molecule has 0 amide bonds. The Labute approximate surface area is 112 Å². The van der Waals surface area contributed by atoms with Crippen LogP contribution < -0.4 is 10.0 Å². The van der Waals surface area contributed by atoms with Crippen molar-refractivity contribution in [3.05, 3.63) is 48.5 Å². The van der Waals surface area contributed by atoms with Crippen molar-refractivity contribution in [1.82, 2.24) is 0 Å². The molecular weight excluding hydrogens is 264 g/mol. The molecule has 2 aromatic rings. The molecule has 0 aliphatic heterocycles. The lowest BCUT2D eigenvalue weighted by Gasteiger charge is -2.19. The van der Waals surface area contributed by atoms with Crippen molar-refractivity contribution in [2.75, 3.05) is 17.1 Å². The highest BCUT2D eigenvalue weighted by molar-refractivity contribution is 7.92. The molecule has 0 atom stereocenters. The number of anilines is 2. The molecule has 0 saturated carbocycles. The Hall–Kier alpha value is -2.21. The smallest absolute Gasteiger partial charge is 0.264 e. The molecule has 0 saturated heterocycles. The van der Waals surface area contributed by atoms with Gasteiger partial charge in [-0.1, -0.05) is 12.1 Å². The summed E-state index contributed by atoms with van der Waals surface area (Å²) in [4.78, 5) is 0.110. The minimum Gasteiger partial charge on any atom is -0.508 e. The van der Waals surface area contributed by atoms with Crippen molar-refractivity contribution in [2.45, 2.75) is 4.90 Å². The van der Waals surface area contributed by atoms with Gasteiger partial charge in [-0.25, -0.2) is 8.42 Å². The van der Waals surface area contributed by atoms with Crippen LogP contribution in [0, 0.1) is 0 Å². The number of sulfonamides is 1. The zero-order valence-corrected chi connectivity index (χ0v) is 11.1. The Morgan fingerprint density at radius 3 is 2.42 bits per heavy atom. The SMILES string of the molecule is CN(c1cccc(O)c1)S(=O)(=O)c1cccc(N)c1. The lowest BCUT2D eigenvalue weighted by Crippen LogP contribution is -2.26. The molecule has 3 N–H and O–H groups in total. The van der Waals surface area contributed by atoms with Crippen molar-refractivity contribution >= 4 is 21.4 Å². The first-order valence-electron chi connectivity index (χ1n) is 5.55. The van der Waals surface area contributed by atoms with Crippen molar-refractivity contribution in [3.8, 4) is 5.75 Å². The van der Waals surface area contributed by atoms with Gasteiger partial charge in [-0.15, -0.1) is 0 Å². The highest BCUT2D eigenvalue weighted by Crippen LogP contribution is 2.25. The number of phenolic OH excluding ortho intramolecular Hbond substituents is 1. The summed E-state index contributed by atoms with van der Waals surface area (Å²) in [5.74, 6) is 0.00660. The van der Waals surface area contributed by atoms with Gasteiger partial charge in [0.05, 0.1) is 10.6 Å². The summed E-state index contributed by atoms with van der Waals surface area (Å²) in [6.07, 6.45) is 0. The molecule has 6 heteroatoms. The van der Waals surface area contributed by atoms with Crippen LogP contribution in [-0.2, 0) is 10.0 Å². The third-order valence-electron chi connectivity index (χ3n) is 2.71. The summed E-state index contributed by atoms with van der Waals surface area (Å²) in [5.41, 5.74) is 6.35. The second-order valence-electron chi connectivity index (χ2n) is 4.06. The fraction of sp³-hybridized carbons (Fsp3) is 0.0769. The Kier molecular flexibility index (Phi) is 3.35. The number of rotatable bonds is 3. The number of nitrogens with zero attached hydrogens (tertiary/aromatic N) is 1. The number of hydrogen-bond acceptors (Lipinski definition) is 4. The van der Waals surface area contributed by atoms with Crippen molar-refractivity contribution in [1.29, 1.82) is 0 Å². The molecule has 0 heterocycles. The van der Waals surface area contributed by atoms with Crippen LogP contribution in [0.3, 0.4) is 0 Å². The van der Waals surface area contributed by atoms with Crippen molar-refractivity contribution in [3.63, 3.8) is 0 Å². The summed E-state index contributed by atoms with van der Waals surface area (Å²) >= 11 is 0. The van der Waals surface area contributed by atoms with Gasteiger partial charge in [0.25, 0.3) is 10.0 Å². The topological polar surface area (TPSA) is 83.6 Å². The third kappa shape index (κ3) is 2.63. The van der Waals surface area contributed by atoms with Crippen molar-refractivity contribution < 1.29 is 13.5 Å². The largest absolute Gasteiger partial charge is 0.508 e. The lowest BCUT2D eigenvalue weighted by molar-refractivity contribution is 0.475. The van der Waals surface area contributed by atoms with Crippen LogP contribution in [0.15, 0.2) is 53.4 Å². The quantitative estimate of drug-likeness (QED) is 0.838. The van der Waals surface area contributed by atoms with E-state index in [0.29, 0.717) is 11.4 Å². The van der Waals surface area contributed by atoms with Gasteiger partial charge in [0, 0.05) is 18.8 Å². The molecule has 2 aromatic carbocycles. The highest BCUT2D eigenvalue weighted by Gasteiger charge is 2.21. The van der Waals surface area contributed by atoms with E-state index in [4.69, 9.17) is 5.73 Å². The first kappa shape index (κ1) is 13.2. The molecule has 2 rings (SSSR count). The Bertz CT molecular complexity index is 699. The van der Waals surface area contributed by atoms with E-state index >= 15 is 0 Å². The van der Waals surface area contributed by atoms with E-state index in [9.17, 15) is 13.5 Å². The Balaban J connectivity index is 2.45. The van der Waals surface area contributed by atoms with Gasteiger partial charge >= 0.3 is 0 Å². The summed E-state index contributed by atoms with van der Waals surface area (Å²) < 4.78 is 25.9. The maximum atomic E-state index is 12.4. The van der Waals surface area contributed by atoms with Crippen LogP contribution in [-0.4, -0.2) is 20.6 Å². The monoisotopic (exact) mass is 278 g/mol. The number of aromatic hydroxyl groups is 1. The minimum atomic E-state index is -3.69. The van der Waals surface area contributed by atoms with Crippen LogP contribution in [0.4, 0.5) is 11.4 Å². The first-order valence-corrected chi connectivity index (χ1v) is 6.99. The van der Waals surface area contributed by atoms with Crippen LogP contribution in [0.2, 0.25) is 0 Å². The highest BCUT2D eigenvalue weighted by atomic mass is 32.2. The van der Waals surface area contributed by atoms with Crippen LogP contribution in [0.1, 0.15) is 0 Å². The summed E-state index contributed by atoms with van der Waals surface area (Å²) in [6.45, 7) is 0. The molecule has 0 bridgehead atoms. The molecule has 0 aromatic heterocycles. The molecule has 0 spiro atoms. The Morgan fingerprint density at radius 2 is 1.79 bits per heavy atom. The number of phenols is 1. The zero-order chi connectivity index (χ0) is 14.0. The van der Waals surface area contributed by atoms with E-state index in [1.807, 2.05) is 0 Å². The van der Waals surface area contributed by atoms with Gasteiger partial charge in [-0.05, 0) is 30.3 Å². The normalized spacial score (nSPS) is 11.2. The predicted molar refractivity (Wildman–Crippen MR) is 74.6 cm³/mol. The second kappa shape index (κ2) is 4.81. The van der Waals surface area contributed by atoms with E-state index in [-0.39, 0.29) is 10.6 Å². The summed E-state index contributed by atoms with van der Waals surface area (Å²) in [5, 5.41) is 9.40. The molecule has 0 fully saturated rings. The van der Waals surface area contributed by atoms with Gasteiger partial charge in [0.1, 0.15) is 5.75 Å². The van der Waals surface area contributed by atoms with Crippen LogP contribution in [0.25, 0.3) is 0 Å². The molecule has 19 heavy (non-hydrogen) atoms. The average molecular weight is 278 g/mol. The number of nitrogens with two attached hydrogens (primary N) is 1. The van der Waals surface area contributed by atoms with E-state index < -0.39 is 10.0 Å². The van der Waals surface area contributed by atoms with Gasteiger partial charge in [-0.2, -0.15) is 0 Å². The van der Waals surface area contributed by atoms with Gasteiger partial charge < -0.3 is 10.8 Å². The third-order valence-corrected chi connectivity index (χ3v) is 4.49. The first-order chi connectivity index (χ1) is 8.91. The number of hydrogen-bond donors (Lipinski definition) is 2. The molecular formula is C13H14N2O3S. The molecule has 0 aliphatic carbocycles. The molecule has 0 unspecified atom stereocenters. The fourth-order valence-corrected chi connectivity index (χ4v) is 2.90. The zero-order valence-electron chi connectivity index (χ0n) is 10.3. The maximum Gasteiger partial charge on any atom is 0.264 e. The predicted octanol–water partition coefficient (Wildman–Crippen LogP) is 1.80. The molecule has 5 nitrogen and oxygen atoms in total. The maximum absolute atomic E-state index is 12.4. The van der Waals surface area contributed by atoms with Crippen LogP contribution >= 0.6 is 0 Å². The summed E-state index contributed by atoms with van der Waals surface area (Å²) in [7, 11) is -2.27. The number of nitrogen functional groups attached to an aromatic ring is 1. The molecule has 0 radical (unpaired) electrons. The average Bonchev–Trinajstić information content (AvgIpc) is 2.38. The van der Waals surface area contributed by atoms with Gasteiger partial charge in [-0.3, -0.25) is 4.31 Å². The van der Waals surface area contributed by atoms with E-state index in [0.717, 1.165) is 4.31 Å². The molecule has 0 aliphatic rings. The minimum absolute atomic E-state index is 0.00660. The molecule has 100 valence electrons. The van der Waals surface area contributed by atoms with Crippen LogP contribution in [0.5, 0.6) is 5.75 Å². The number of benzene rings is 2.